The van der Waals surface area contributed by atoms with Crippen LogP contribution in [0.3, 0.4) is 0 Å². The van der Waals surface area contributed by atoms with Crippen molar-refractivity contribution >= 4 is 11.9 Å². The first kappa shape index (κ1) is 22.5. The summed E-state index contributed by atoms with van der Waals surface area (Å²) in [5.41, 5.74) is 1.30. The van der Waals surface area contributed by atoms with E-state index in [-0.39, 0.29) is 12.3 Å². The number of nitrogens with zero attached hydrogens (tertiary/aromatic N) is 1. The molecule has 0 N–H and O–H groups in total. The Morgan fingerprint density at radius 3 is 2.06 bits per heavy atom. The Hall–Kier alpha value is -3.22. The Bertz CT molecular complexity index is 867. The minimum absolute atomic E-state index is 0.0344. The number of carbonyl (C=O) groups is 2. The van der Waals surface area contributed by atoms with Crippen molar-refractivity contribution in [3.05, 3.63) is 53.6 Å². The predicted octanol–water partition coefficient (Wildman–Crippen LogP) is 3.55. The molecule has 1 saturated heterocycles. The Balaban J connectivity index is 1.80. The number of hydrogen-bond donors (Lipinski definition) is 0. The molecule has 7 nitrogen and oxygen atoms in total. The summed E-state index contributed by atoms with van der Waals surface area (Å²) in [7, 11) is 4.55. The molecule has 0 spiro atoms. The molecule has 1 heterocycles. The van der Waals surface area contributed by atoms with Crippen LogP contribution in [0.2, 0.25) is 0 Å². The van der Waals surface area contributed by atoms with Gasteiger partial charge in [0.1, 0.15) is 0 Å². The van der Waals surface area contributed by atoms with E-state index in [2.05, 4.69) is 0 Å². The number of carbonyl (C=O) groups excluding carboxylic acids is 2. The van der Waals surface area contributed by atoms with E-state index in [0.717, 1.165) is 19.3 Å². The number of piperidine rings is 1. The summed E-state index contributed by atoms with van der Waals surface area (Å²) in [5.74, 6) is 0.671. The first-order valence-electron chi connectivity index (χ1n) is 10.4. The van der Waals surface area contributed by atoms with Gasteiger partial charge in [0.05, 0.1) is 27.8 Å². The third-order valence-electron chi connectivity index (χ3n) is 5.32. The summed E-state index contributed by atoms with van der Waals surface area (Å²) in [6, 6.07) is 12.5. The molecular formula is C24H29NO6. The van der Waals surface area contributed by atoms with Crippen LogP contribution in [0, 0.1) is 0 Å². The summed E-state index contributed by atoms with van der Waals surface area (Å²) in [5, 5.41) is 0. The molecule has 2 aromatic rings. The Morgan fingerprint density at radius 1 is 0.903 bits per heavy atom. The van der Waals surface area contributed by atoms with Crippen LogP contribution in [-0.2, 0) is 20.7 Å². The lowest BCUT2D eigenvalue weighted by Gasteiger charge is -2.30. The second-order valence-corrected chi connectivity index (χ2v) is 7.38. The highest BCUT2D eigenvalue weighted by Crippen LogP contribution is 2.38. The van der Waals surface area contributed by atoms with Gasteiger partial charge in [0, 0.05) is 18.7 Å². The van der Waals surface area contributed by atoms with Gasteiger partial charge in [-0.05, 0) is 37.0 Å². The fraction of sp³-hybridized carbons (Fsp3) is 0.417. The lowest BCUT2D eigenvalue weighted by molar-refractivity contribution is -0.160. The standard InChI is InChI=1S/C24H29NO6/c1-28-19-14-17(15-20(29-2)23(19)30-3)16-21(26)31-22(18-10-6-4-7-11-18)24(27)25-12-8-5-9-13-25/h4,6-7,10-11,14-15,22H,5,8-9,12-13,16H2,1-3H3/t22-/m1/s1. The molecule has 31 heavy (non-hydrogen) atoms. The topological polar surface area (TPSA) is 74.3 Å². The van der Waals surface area contributed by atoms with Crippen LogP contribution in [-0.4, -0.2) is 51.2 Å². The zero-order valence-corrected chi connectivity index (χ0v) is 18.3. The van der Waals surface area contributed by atoms with E-state index in [1.807, 2.05) is 18.2 Å². The van der Waals surface area contributed by atoms with Crippen molar-refractivity contribution < 1.29 is 28.5 Å². The van der Waals surface area contributed by atoms with Crippen LogP contribution < -0.4 is 14.2 Å². The molecule has 1 fully saturated rings. The maximum absolute atomic E-state index is 13.2. The van der Waals surface area contributed by atoms with Crippen LogP contribution >= 0.6 is 0 Å². The largest absolute Gasteiger partial charge is 0.493 e. The van der Waals surface area contributed by atoms with Crippen molar-refractivity contribution in [2.45, 2.75) is 31.8 Å². The molecule has 3 rings (SSSR count). The highest BCUT2D eigenvalue weighted by molar-refractivity contribution is 5.85. The molecule has 2 aromatic carbocycles. The van der Waals surface area contributed by atoms with E-state index < -0.39 is 12.1 Å². The average Bonchev–Trinajstić information content (AvgIpc) is 2.82. The van der Waals surface area contributed by atoms with Gasteiger partial charge in [-0.15, -0.1) is 0 Å². The summed E-state index contributed by atoms with van der Waals surface area (Å²) in [6.07, 6.45) is 2.04. The van der Waals surface area contributed by atoms with Gasteiger partial charge in [0.15, 0.2) is 11.5 Å². The third kappa shape index (κ3) is 5.48. The summed E-state index contributed by atoms with van der Waals surface area (Å²) in [6.45, 7) is 1.37. The third-order valence-corrected chi connectivity index (χ3v) is 5.32. The zero-order valence-electron chi connectivity index (χ0n) is 18.3. The molecule has 0 radical (unpaired) electrons. The lowest BCUT2D eigenvalue weighted by Crippen LogP contribution is -2.40. The average molecular weight is 427 g/mol. The normalized spacial score (nSPS) is 14.5. The van der Waals surface area contributed by atoms with Gasteiger partial charge in [-0.25, -0.2) is 0 Å². The van der Waals surface area contributed by atoms with Gasteiger partial charge in [0.25, 0.3) is 5.91 Å². The predicted molar refractivity (Wildman–Crippen MR) is 116 cm³/mol. The molecule has 0 unspecified atom stereocenters. The lowest BCUT2D eigenvalue weighted by atomic mass is 10.1. The quantitative estimate of drug-likeness (QED) is 0.600. The summed E-state index contributed by atoms with van der Waals surface area (Å²) < 4.78 is 21.7. The van der Waals surface area contributed by atoms with Crippen molar-refractivity contribution in [1.29, 1.82) is 0 Å². The summed E-state index contributed by atoms with van der Waals surface area (Å²) >= 11 is 0. The first-order valence-corrected chi connectivity index (χ1v) is 10.4. The number of esters is 1. The highest BCUT2D eigenvalue weighted by atomic mass is 16.5. The Morgan fingerprint density at radius 2 is 1.52 bits per heavy atom. The molecular weight excluding hydrogens is 398 g/mol. The van der Waals surface area contributed by atoms with E-state index >= 15 is 0 Å². The van der Waals surface area contributed by atoms with Crippen molar-refractivity contribution in [3.63, 3.8) is 0 Å². The van der Waals surface area contributed by atoms with Crippen LogP contribution in [0.15, 0.2) is 42.5 Å². The molecule has 7 heteroatoms. The number of ether oxygens (including phenoxy) is 4. The second-order valence-electron chi connectivity index (χ2n) is 7.38. The molecule has 0 saturated carbocycles. The number of rotatable bonds is 8. The van der Waals surface area contributed by atoms with E-state index in [9.17, 15) is 9.59 Å². The second kappa shape index (κ2) is 10.7. The van der Waals surface area contributed by atoms with E-state index in [0.29, 0.717) is 41.5 Å². The zero-order chi connectivity index (χ0) is 22.2. The number of amides is 1. The van der Waals surface area contributed by atoms with E-state index in [4.69, 9.17) is 18.9 Å². The fourth-order valence-electron chi connectivity index (χ4n) is 3.75. The molecule has 0 aromatic heterocycles. The smallest absolute Gasteiger partial charge is 0.311 e. The van der Waals surface area contributed by atoms with Gasteiger partial charge < -0.3 is 23.8 Å². The van der Waals surface area contributed by atoms with Crippen molar-refractivity contribution in [1.82, 2.24) is 4.90 Å². The number of methoxy groups -OCH3 is 3. The van der Waals surface area contributed by atoms with Crippen LogP contribution in [0.4, 0.5) is 0 Å². The molecule has 1 aliphatic heterocycles. The van der Waals surface area contributed by atoms with Gasteiger partial charge in [-0.2, -0.15) is 0 Å². The Kier molecular flexibility index (Phi) is 7.76. The monoisotopic (exact) mass is 427 g/mol. The maximum Gasteiger partial charge on any atom is 0.311 e. The summed E-state index contributed by atoms with van der Waals surface area (Å²) in [4.78, 5) is 27.8. The molecule has 0 bridgehead atoms. The Labute approximate surface area is 182 Å². The minimum Gasteiger partial charge on any atom is -0.493 e. The first-order chi connectivity index (χ1) is 15.1. The number of hydrogen-bond acceptors (Lipinski definition) is 6. The minimum atomic E-state index is -0.964. The van der Waals surface area contributed by atoms with Gasteiger partial charge in [-0.1, -0.05) is 30.3 Å². The molecule has 1 amide bonds. The fourth-order valence-corrected chi connectivity index (χ4v) is 3.75. The van der Waals surface area contributed by atoms with Gasteiger partial charge in [0.2, 0.25) is 11.9 Å². The molecule has 0 aliphatic carbocycles. The van der Waals surface area contributed by atoms with Gasteiger partial charge in [-0.3, -0.25) is 9.59 Å². The SMILES string of the molecule is COc1cc(CC(=O)O[C@@H](C(=O)N2CCCCC2)c2ccccc2)cc(OC)c1OC. The van der Waals surface area contributed by atoms with Crippen LogP contribution in [0.25, 0.3) is 0 Å². The maximum atomic E-state index is 13.2. The van der Waals surface area contributed by atoms with Gasteiger partial charge >= 0.3 is 5.97 Å². The van der Waals surface area contributed by atoms with Crippen molar-refractivity contribution in [2.24, 2.45) is 0 Å². The van der Waals surface area contributed by atoms with Crippen molar-refractivity contribution in [2.75, 3.05) is 34.4 Å². The van der Waals surface area contributed by atoms with E-state index in [1.165, 1.54) is 21.3 Å². The van der Waals surface area contributed by atoms with E-state index in [1.54, 1.807) is 29.2 Å². The number of likely N-dealkylation sites (tertiary alicyclic amines) is 1. The van der Waals surface area contributed by atoms with Crippen molar-refractivity contribution in [3.8, 4) is 17.2 Å². The number of benzene rings is 2. The highest BCUT2D eigenvalue weighted by Gasteiger charge is 2.30. The van der Waals surface area contributed by atoms with Crippen LogP contribution in [0.1, 0.15) is 36.5 Å². The molecule has 166 valence electrons. The van der Waals surface area contributed by atoms with Crippen LogP contribution in [0.5, 0.6) is 17.2 Å². The molecule has 1 aliphatic rings. The molecule has 1 atom stereocenters.